The first-order valence-electron chi connectivity index (χ1n) is 5.63. The van der Waals surface area contributed by atoms with Crippen molar-refractivity contribution in [2.24, 2.45) is 5.92 Å². The smallest absolute Gasteiger partial charge is 0.212 e. The van der Waals surface area contributed by atoms with Gasteiger partial charge in [-0.1, -0.05) is 30.3 Å². The summed E-state index contributed by atoms with van der Waals surface area (Å²) < 4.78 is 26.7. The monoisotopic (exact) mass is 237 g/mol. The third kappa shape index (κ3) is 1.76. The Morgan fingerprint density at radius 2 is 1.81 bits per heavy atom. The Morgan fingerprint density at radius 1 is 1.19 bits per heavy atom. The van der Waals surface area contributed by atoms with Gasteiger partial charge in [0.05, 0.1) is 5.75 Å². The molecule has 16 heavy (non-hydrogen) atoms. The van der Waals surface area contributed by atoms with Crippen LogP contribution in [0.2, 0.25) is 0 Å². The van der Waals surface area contributed by atoms with Crippen LogP contribution in [0.25, 0.3) is 0 Å². The Labute approximate surface area is 95.9 Å². The minimum Gasteiger partial charge on any atom is -0.212 e. The molecule has 0 aromatic heterocycles. The molecule has 1 aromatic carbocycles. The zero-order valence-electron chi connectivity index (χ0n) is 9.02. The molecule has 4 heteroatoms. The number of benzene rings is 1. The highest BCUT2D eigenvalue weighted by Crippen LogP contribution is 2.57. The van der Waals surface area contributed by atoms with Crippen LogP contribution in [0, 0.1) is 5.92 Å². The zero-order chi connectivity index (χ0) is 11.2. The highest BCUT2D eigenvalue weighted by molar-refractivity contribution is 7.88. The molecule has 0 spiro atoms. The molecular weight excluding hydrogens is 222 g/mol. The molecule has 3 fully saturated rings. The van der Waals surface area contributed by atoms with Crippen molar-refractivity contribution in [3.8, 4) is 0 Å². The molecule has 86 valence electrons. The number of rotatable bonds is 4. The molecule has 4 rings (SSSR count). The summed E-state index contributed by atoms with van der Waals surface area (Å²) >= 11 is 0. The van der Waals surface area contributed by atoms with E-state index in [0.29, 0.717) is 0 Å². The van der Waals surface area contributed by atoms with E-state index in [1.165, 1.54) is 0 Å². The van der Waals surface area contributed by atoms with Crippen LogP contribution in [0.5, 0.6) is 0 Å². The van der Waals surface area contributed by atoms with Crippen molar-refractivity contribution in [1.82, 2.24) is 4.72 Å². The number of nitrogens with one attached hydrogen (secondary N) is 1. The highest BCUT2D eigenvalue weighted by atomic mass is 32.2. The molecule has 3 aliphatic carbocycles. The van der Waals surface area contributed by atoms with E-state index >= 15 is 0 Å². The first-order chi connectivity index (χ1) is 7.57. The predicted molar refractivity (Wildman–Crippen MR) is 62.3 cm³/mol. The van der Waals surface area contributed by atoms with Gasteiger partial charge < -0.3 is 0 Å². The van der Waals surface area contributed by atoms with Crippen LogP contribution in [0.4, 0.5) is 0 Å². The van der Waals surface area contributed by atoms with Gasteiger partial charge in [0.2, 0.25) is 10.0 Å². The summed E-state index contributed by atoms with van der Waals surface area (Å²) in [6.07, 6.45) is 3.13. The van der Waals surface area contributed by atoms with Gasteiger partial charge in [-0.25, -0.2) is 13.1 Å². The third-order valence-electron chi connectivity index (χ3n) is 3.61. The highest BCUT2D eigenvalue weighted by Gasteiger charge is 2.58. The van der Waals surface area contributed by atoms with Crippen molar-refractivity contribution >= 4 is 10.0 Å². The summed E-state index contributed by atoms with van der Waals surface area (Å²) in [4.78, 5) is 0. The molecule has 0 aliphatic heterocycles. The Hall–Kier alpha value is -0.870. The summed E-state index contributed by atoms with van der Waals surface area (Å²) in [5, 5.41) is 0. The minimum atomic E-state index is -3.17. The van der Waals surface area contributed by atoms with Gasteiger partial charge in [0.25, 0.3) is 0 Å². The standard InChI is InChI=1S/C12H15NO2S/c14-16(15,9-10-4-2-1-3-5-10)13-12-6-11(7-12)8-12/h1-5,11,13H,6-9H2. The molecule has 0 amide bonds. The largest absolute Gasteiger partial charge is 0.216 e. The van der Waals surface area contributed by atoms with Gasteiger partial charge in [-0.2, -0.15) is 0 Å². The molecule has 0 atom stereocenters. The maximum Gasteiger partial charge on any atom is 0.216 e. The van der Waals surface area contributed by atoms with E-state index in [0.717, 1.165) is 30.7 Å². The lowest BCUT2D eigenvalue weighted by molar-refractivity contribution is -0.0317. The van der Waals surface area contributed by atoms with E-state index in [9.17, 15) is 8.42 Å². The fourth-order valence-corrected chi connectivity index (χ4v) is 4.38. The molecule has 2 bridgehead atoms. The lowest BCUT2D eigenvalue weighted by Gasteiger charge is -2.61. The Balaban J connectivity index is 1.69. The fraction of sp³-hybridized carbons (Fsp3) is 0.500. The van der Waals surface area contributed by atoms with Gasteiger partial charge in [0, 0.05) is 5.54 Å². The fourth-order valence-electron chi connectivity index (χ4n) is 2.76. The van der Waals surface area contributed by atoms with Crippen molar-refractivity contribution in [2.75, 3.05) is 0 Å². The molecule has 0 radical (unpaired) electrons. The molecule has 3 nitrogen and oxygen atoms in total. The minimum absolute atomic E-state index is 0.0573. The van der Waals surface area contributed by atoms with Crippen molar-refractivity contribution in [3.05, 3.63) is 35.9 Å². The third-order valence-corrected chi connectivity index (χ3v) is 5.07. The second kappa shape index (κ2) is 3.31. The van der Waals surface area contributed by atoms with Crippen molar-refractivity contribution in [2.45, 2.75) is 30.6 Å². The van der Waals surface area contributed by atoms with E-state index < -0.39 is 10.0 Å². The van der Waals surface area contributed by atoms with Crippen LogP contribution in [-0.2, 0) is 15.8 Å². The number of hydrogen-bond acceptors (Lipinski definition) is 2. The quantitative estimate of drug-likeness (QED) is 0.865. The molecule has 0 saturated heterocycles. The summed E-state index contributed by atoms with van der Waals surface area (Å²) in [5.41, 5.74) is 0.791. The second-order valence-electron chi connectivity index (χ2n) is 5.11. The summed E-state index contributed by atoms with van der Waals surface area (Å²) in [6, 6.07) is 9.32. The SMILES string of the molecule is O=S(=O)(Cc1ccccc1)NC12CC(C1)C2. The van der Waals surface area contributed by atoms with Gasteiger partial charge >= 0.3 is 0 Å². The van der Waals surface area contributed by atoms with E-state index in [4.69, 9.17) is 0 Å². The Kier molecular flexibility index (Phi) is 2.13. The van der Waals surface area contributed by atoms with E-state index in [1.807, 2.05) is 30.3 Å². The van der Waals surface area contributed by atoms with Gasteiger partial charge in [0.1, 0.15) is 0 Å². The van der Waals surface area contributed by atoms with Gasteiger partial charge in [-0.15, -0.1) is 0 Å². The molecule has 1 N–H and O–H groups in total. The first-order valence-corrected chi connectivity index (χ1v) is 7.28. The maximum atomic E-state index is 11.9. The summed E-state index contributed by atoms with van der Waals surface area (Å²) in [7, 11) is -3.17. The second-order valence-corrected chi connectivity index (χ2v) is 6.83. The first kappa shape index (κ1) is 10.3. The molecule has 3 saturated carbocycles. The average Bonchev–Trinajstić information content (AvgIpc) is 2.11. The molecule has 1 aromatic rings. The van der Waals surface area contributed by atoms with Crippen molar-refractivity contribution < 1.29 is 8.42 Å². The Morgan fingerprint density at radius 3 is 2.31 bits per heavy atom. The molecule has 3 aliphatic rings. The summed E-state index contributed by atoms with van der Waals surface area (Å²) in [6.45, 7) is 0. The lowest BCUT2D eigenvalue weighted by atomic mass is 9.50. The number of sulfonamides is 1. The van der Waals surface area contributed by atoms with E-state index in [1.54, 1.807) is 0 Å². The molecular formula is C12H15NO2S. The van der Waals surface area contributed by atoms with Crippen LogP contribution >= 0.6 is 0 Å². The van der Waals surface area contributed by atoms with Crippen LogP contribution in [-0.4, -0.2) is 14.0 Å². The molecule has 0 unspecified atom stereocenters. The van der Waals surface area contributed by atoms with Crippen molar-refractivity contribution in [3.63, 3.8) is 0 Å². The Bertz CT molecular complexity index is 478. The van der Waals surface area contributed by atoms with E-state index in [2.05, 4.69) is 4.72 Å². The van der Waals surface area contributed by atoms with Crippen LogP contribution < -0.4 is 4.72 Å². The van der Waals surface area contributed by atoms with Gasteiger partial charge in [-0.3, -0.25) is 0 Å². The number of hydrogen-bond donors (Lipinski definition) is 1. The molecule has 0 heterocycles. The van der Waals surface area contributed by atoms with Crippen LogP contribution in [0.15, 0.2) is 30.3 Å². The zero-order valence-corrected chi connectivity index (χ0v) is 9.83. The predicted octanol–water partition coefficient (Wildman–Crippen LogP) is 1.66. The summed E-state index contributed by atoms with van der Waals surface area (Å²) in [5.74, 6) is 0.889. The maximum absolute atomic E-state index is 11.9. The van der Waals surface area contributed by atoms with Crippen LogP contribution in [0.3, 0.4) is 0 Å². The van der Waals surface area contributed by atoms with E-state index in [-0.39, 0.29) is 11.3 Å². The van der Waals surface area contributed by atoms with Crippen LogP contribution in [0.1, 0.15) is 24.8 Å². The van der Waals surface area contributed by atoms with Gasteiger partial charge in [-0.05, 0) is 30.7 Å². The lowest BCUT2D eigenvalue weighted by Crippen LogP contribution is -2.68. The average molecular weight is 237 g/mol. The van der Waals surface area contributed by atoms with Gasteiger partial charge in [0.15, 0.2) is 0 Å². The topological polar surface area (TPSA) is 46.2 Å². The van der Waals surface area contributed by atoms with Crippen molar-refractivity contribution in [1.29, 1.82) is 0 Å². The normalized spacial score (nSPS) is 31.6.